The Balaban J connectivity index is 1.93. The summed E-state index contributed by atoms with van der Waals surface area (Å²) < 4.78 is 16.4. The minimum Gasteiger partial charge on any atom is -0.490 e. The molecule has 0 fully saturated rings. The van der Waals surface area contributed by atoms with Crippen molar-refractivity contribution in [2.45, 2.75) is 26.8 Å². The second-order valence-electron chi connectivity index (χ2n) is 7.33. The van der Waals surface area contributed by atoms with Gasteiger partial charge in [-0.05, 0) is 49.2 Å². The molecule has 0 aliphatic heterocycles. The van der Waals surface area contributed by atoms with E-state index >= 15 is 0 Å². The predicted octanol–water partition coefficient (Wildman–Crippen LogP) is 3.76. The molecule has 1 amide bonds. The fraction of sp³-hybridized carbons (Fsp3) is 0.417. The molecule has 31 heavy (non-hydrogen) atoms. The van der Waals surface area contributed by atoms with E-state index in [0.29, 0.717) is 36.8 Å². The van der Waals surface area contributed by atoms with E-state index in [9.17, 15) is 9.59 Å². The van der Waals surface area contributed by atoms with Crippen LogP contribution >= 0.6 is 0 Å². The minimum atomic E-state index is -0.583. The molecule has 2 rings (SSSR count). The van der Waals surface area contributed by atoms with E-state index in [4.69, 9.17) is 14.2 Å². The van der Waals surface area contributed by atoms with Crippen molar-refractivity contribution < 1.29 is 23.8 Å². The average Bonchev–Trinajstić information content (AvgIpc) is 2.76. The van der Waals surface area contributed by atoms with Crippen LogP contribution in [-0.4, -0.2) is 57.7 Å². The molecule has 168 valence electrons. The first kappa shape index (κ1) is 24.1. The lowest BCUT2D eigenvalue weighted by atomic mass is 10.2. The summed E-state index contributed by atoms with van der Waals surface area (Å²) >= 11 is 0. The van der Waals surface area contributed by atoms with E-state index in [1.165, 1.54) is 4.90 Å². The summed E-state index contributed by atoms with van der Waals surface area (Å²) in [7, 11) is 5.63. The van der Waals surface area contributed by atoms with Gasteiger partial charge >= 0.3 is 5.97 Å². The minimum absolute atomic E-state index is 0.280. The van der Waals surface area contributed by atoms with Crippen molar-refractivity contribution in [3.05, 3.63) is 53.6 Å². The third-order valence-electron chi connectivity index (χ3n) is 4.57. The molecule has 2 aromatic rings. The highest BCUT2D eigenvalue weighted by molar-refractivity contribution is 5.92. The zero-order valence-electron chi connectivity index (χ0n) is 19.0. The molecule has 0 aliphatic carbocycles. The SMILES string of the molecule is CCCOc1ccc(C(=O)OCC(=O)N(C)Cc2ccc(N(C)C)cc2)cc1OCC. The molecular formula is C24H32N2O5. The lowest BCUT2D eigenvalue weighted by Gasteiger charge is -2.18. The number of rotatable bonds is 11. The number of esters is 1. The Bertz CT molecular complexity index is 865. The standard InChI is InChI=1S/C24H32N2O5/c1-6-14-30-21-13-10-19(15-22(21)29-7-2)24(28)31-17-23(27)26(5)16-18-8-11-20(12-9-18)25(3)4/h8-13,15H,6-7,14,16-17H2,1-5H3. The number of carbonyl (C=O) groups excluding carboxylic acids is 2. The Morgan fingerprint density at radius 1 is 0.903 bits per heavy atom. The molecule has 0 aliphatic rings. The van der Waals surface area contributed by atoms with Gasteiger partial charge in [0.15, 0.2) is 18.1 Å². The van der Waals surface area contributed by atoms with Gasteiger partial charge in [-0.1, -0.05) is 19.1 Å². The molecule has 0 saturated heterocycles. The van der Waals surface area contributed by atoms with Crippen LogP contribution in [0.15, 0.2) is 42.5 Å². The number of carbonyl (C=O) groups is 2. The van der Waals surface area contributed by atoms with Crippen LogP contribution < -0.4 is 14.4 Å². The molecule has 0 heterocycles. The van der Waals surface area contributed by atoms with Crippen LogP contribution in [0.4, 0.5) is 5.69 Å². The van der Waals surface area contributed by atoms with E-state index in [1.807, 2.05) is 57.1 Å². The second-order valence-corrected chi connectivity index (χ2v) is 7.33. The Hall–Kier alpha value is -3.22. The quantitative estimate of drug-likeness (QED) is 0.508. The summed E-state index contributed by atoms with van der Waals surface area (Å²) in [5.41, 5.74) is 2.39. The molecular weight excluding hydrogens is 396 g/mol. The summed E-state index contributed by atoms with van der Waals surface area (Å²) in [6.07, 6.45) is 0.866. The first-order chi connectivity index (χ1) is 14.8. The Morgan fingerprint density at radius 2 is 1.61 bits per heavy atom. The van der Waals surface area contributed by atoms with Crippen LogP contribution in [-0.2, 0) is 16.1 Å². The van der Waals surface area contributed by atoms with Crippen molar-refractivity contribution >= 4 is 17.6 Å². The summed E-state index contributed by atoms with van der Waals surface area (Å²) in [6, 6.07) is 12.8. The largest absolute Gasteiger partial charge is 0.490 e. The van der Waals surface area contributed by atoms with Crippen molar-refractivity contribution in [3.63, 3.8) is 0 Å². The van der Waals surface area contributed by atoms with E-state index in [1.54, 1.807) is 25.2 Å². The van der Waals surface area contributed by atoms with E-state index in [0.717, 1.165) is 17.7 Å². The van der Waals surface area contributed by atoms with E-state index in [-0.39, 0.29) is 12.5 Å². The molecule has 0 unspecified atom stereocenters. The summed E-state index contributed by atoms with van der Waals surface area (Å²) in [5.74, 6) is 0.199. The average molecular weight is 429 g/mol. The highest BCUT2D eigenvalue weighted by Gasteiger charge is 2.16. The van der Waals surface area contributed by atoms with Gasteiger partial charge in [-0.3, -0.25) is 4.79 Å². The van der Waals surface area contributed by atoms with E-state index in [2.05, 4.69) is 0 Å². The molecule has 0 spiro atoms. The number of ether oxygens (including phenoxy) is 3. The third-order valence-corrected chi connectivity index (χ3v) is 4.57. The van der Waals surface area contributed by atoms with Crippen LogP contribution in [0.2, 0.25) is 0 Å². The van der Waals surface area contributed by atoms with Gasteiger partial charge in [0.25, 0.3) is 5.91 Å². The molecule has 0 bridgehead atoms. The smallest absolute Gasteiger partial charge is 0.338 e. The van der Waals surface area contributed by atoms with E-state index < -0.39 is 5.97 Å². The molecule has 7 heteroatoms. The topological polar surface area (TPSA) is 68.3 Å². The molecule has 0 radical (unpaired) electrons. The number of benzene rings is 2. The number of hydrogen-bond acceptors (Lipinski definition) is 6. The van der Waals surface area contributed by atoms with Crippen molar-refractivity contribution in [2.75, 3.05) is 45.9 Å². The van der Waals surface area contributed by atoms with Gasteiger partial charge in [0.1, 0.15) is 0 Å². The summed E-state index contributed by atoms with van der Waals surface area (Å²) in [4.78, 5) is 28.4. The molecule has 0 aromatic heterocycles. The normalized spacial score (nSPS) is 10.4. The Labute approximate surface area is 184 Å². The van der Waals surface area contributed by atoms with Crippen LogP contribution in [0.3, 0.4) is 0 Å². The van der Waals surface area contributed by atoms with Gasteiger partial charge in [-0.15, -0.1) is 0 Å². The summed E-state index contributed by atoms with van der Waals surface area (Å²) in [6.45, 7) is 4.98. The lowest BCUT2D eigenvalue weighted by molar-refractivity contribution is -0.133. The maximum absolute atomic E-state index is 12.4. The number of amides is 1. The van der Waals surface area contributed by atoms with Gasteiger partial charge in [-0.25, -0.2) is 4.79 Å². The van der Waals surface area contributed by atoms with Gasteiger partial charge in [-0.2, -0.15) is 0 Å². The summed E-state index contributed by atoms with van der Waals surface area (Å²) in [5, 5.41) is 0. The number of hydrogen-bond donors (Lipinski definition) is 0. The maximum Gasteiger partial charge on any atom is 0.338 e. The number of likely N-dealkylation sites (N-methyl/N-ethyl adjacent to an activating group) is 1. The van der Waals surface area contributed by atoms with Crippen molar-refractivity contribution in [3.8, 4) is 11.5 Å². The number of anilines is 1. The Kier molecular flexibility index (Phi) is 9.18. The fourth-order valence-corrected chi connectivity index (χ4v) is 2.82. The molecule has 2 aromatic carbocycles. The lowest BCUT2D eigenvalue weighted by Crippen LogP contribution is -2.30. The molecule has 0 N–H and O–H groups in total. The van der Waals surface area contributed by atoms with Crippen LogP contribution in [0.5, 0.6) is 11.5 Å². The number of nitrogens with zero attached hydrogens (tertiary/aromatic N) is 2. The highest BCUT2D eigenvalue weighted by atomic mass is 16.5. The third kappa shape index (κ3) is 7.20. The predicted molar refractivity (Wildman–Crippen MR) is 121 cm³/mol. The van der Waals surface area contributed by atoms with Crippen LogP contribution in [0, 0.1) is 0 Å². The molecule has 0 atom stereocenters. The van der Waals surface area contributed by atoms with Crippen molar-refractivity contribution in [1.29, 1.82) is 0 Å². The van der Waals surface area contributed by atoms with Crippen molar-refractivity contribution in [1.82, 2.24) is 4.90 Å². The highest BCUT2D eigenvalue weighted by Crippen LogP contribution is 2.29. The Morgan fingerprint density at radius 3 is 2.23 bits per heavy atom. The van der Waals surface area contributed by atoms with Gasteiger partial charge < -0.3 is 24.0 Å². The fourth-order valence-electron chi connectivity index (χ4n) is 2.82. The van der Waals surface area contributed by atoms with Crippen LogP contribution in [0.1, 0.15) is 36.2 Å². The zero-order chi connectivity index (χ0) is 22.8. The first-order valence-corrected chi connectivity index (χ1v) is 10.4. The first-order valence-electron chi connectivity index (χ1n) is 10.4. The zero-order valence-corrected chi connectivity index (χ0v) is 19.0. The van der Waals surface area contributed by atoms with Gasteiger partial charge in [0.2, 0.25) is 0 Å². The van der Waals surface area contributed by atoms with Crippen LogP contribution in [0.25, 0.3) is 0 Å². The van der Waals surface area contributed by atoms with Gasteiger partial charge in [0, 0.05) is 33.4 Å². The van der Waals surface area contributed by atoms with Crippen molar-refractivity contribution in [2.24, 2.45) is 0 Å². The maximum atomic E-state index is 12.4. The molecule has 0 saturated carbocycles. The monoisotopic (exact) mass is 428 g/mol. The molecule has 7 nitrogen and oxygen atoms in total. The van der Waals surface area contributed by atoms with Gasteiger partial charge in [0.05, 0.1) is 18.8 Å². The second kappa shape index (κ2) is 11.8.